The Kier molecular flexibility index (Phi) is 4.36. The Morgan fingerprint density at radius 1 is 1.36 bits per heavy atom. The molecule has 0 aliphatic heterocycles. The number of aryl methyl sites for hydroxylation is 2. The molecule has 3 aromatic rings. The van der Waals surface area contributed by atoms with Gasteiger partial charge < -0.3 is 15.0 Å². The lowest BCUT2D eigenvalue weighted by Crippen LogP contribution is -2.28. The molecular weight excluding hydrogens is 354 g/mol. The van der Waals surface area contributed by atoms with Crippen LogP contribution >= 0.6 is 0 Å². The standard InChI is InChI=1S/C22H19N3O3/c1-3-10-25(16-7-4-14(5-8-16)22(27)28)20-9-6-15-11-19-18(12-17(15)20)21(26)24-13(2)23-19/h1,4-5,7-8,11-12,20H,6,9-10H2,2H3,(H,27,28)(H,23,24,26)/t20-/m1/s1. The summed E-state index contributed by atoms with van der Waals surface area (Å²) < 4.78 is 0. The topological polar surface area (TPSA) is 86.3 Å². The fourth-order valence-electron chi connectivity index (χ4n) is 3.94. The van der Waals surface area contributed by atoms with Crippen molar-refractivity contribution in [2.75, 3.05) is 11.4 Å². The molecule has 1 atom stereocenters. The molecule has 0 saturated carbocycles. The molecule has 1 aliphatic rings. The van der Waals surface area contributed by atoms with Gasteiger partial charge in [0.2, 0.25) is 0 Å². The minimum Gasteiger partial charge on any atom is -0.478 e. The third kappa shape index (κ3) is 3.01. The van der Waals surface area contributed by atoms with Crippen LogP contribution < -0.4 is 10.5 Å². The molecule has 2 N–H and O–H groups in total. The van der Waals surface area contributed by atoms with Crippen molar-refractivity contribution < 1.29 is 9.90 Å². The second kappa shape index (κ2) is 6.86. The van der Waals surface area contributed by atoms with Gasteiger partial charge in [0.15, 0.2) is 0 Å². The number of carbonyl (C=O) groups is 1. The largest absolute Gasteiger partial charge is 0.478 e. The number of hydrogen-bond donors (Lipinski definition) is 2. The molecule has 28 heavy (non-hydrogen) atoms. The monoisotopic (exact) mass is 373 g/mol. The normalized spacial score (nSPS) is 15.2. The lowest BCUT2D eigenvalue weighted by atomic mass is 10.0. The Hall–Kier alpha value is -3.59. The zero-order chi connectivity index (χ0) is 19.8. The Balaban J connectivity index is 1.78. The molecule has 0 radical (unpaired) electrons. The van der Waals surface area contributed by atoms with Crippen LogP contribution in [0.15, 0.2) is 41.2 Å². The van der Waals surface area contributed by atoms with E-state index in [1.54, 1.807) is 31.2 Å². The van der Waals surface area contributed by atoms with Crippen molar-refractivity contribution in [3.63, 3.8) is 0 Å². The molecule has 0 saturated heterocycles. The van der Waals surface area contributed by atoms with E-state index in [1.807, 2.05) is 12.1 Å². The summed E-state index contributed by atoms with van der Waals surface area (Å²) in [6, 6.07) is 10.6. The zero-order valence-electron chi connectivity index (χ0n) is 15.4. The predicted molar refractivity (Wildman–Crippen MR) is 108 cm³/mol. The maximum absolute atomic E-state index is 12.4. The van der Waals surface area contributed by atoms with E-state index in [1.165, 1.54) is 5.56 Å². The first kappa shape index (κ1) is 17.8. The fraction of sp³-hybridized carbons (Fsp3) is 0.227. The van der Waals surface area contributed by atoms with E-state index in [2.05, 4.69) is 20.8 Å². The number of terminal acetylenes is 1. The van der Waals surface area contributed by atoms with Crippen molar-refractivity contribution in [1.29, 1.82) is 0 Å². The Labute approximate surface area is 161 Å². The summed E-state index contributed by atoms with van der Waals surface area (Å²) in [5.74, 6) is 2.33. The third-order valence-corrected chi connectivity index (χ3v) is 5.21. The number of anilines is 1. The van der Waals surface area contributed by atoms with Crippen molar-refractivity contribution in [3.05, 3.63) is 69.3 Å². The number of benzene rings is 2. The summed E-state index contributed by atoms with van der Waals surface area (Å²) in [7, 11) is 0. The van der Waals surface area contributed by atoms with E-state index in [0.717, 1.165) is 24.1 Å². The van der Waals surface area contributed by atoms with Gasteiger partial charge in [-0.3, -0.25) is 4.79 Å². The molecule has 6 heteroatoms. The van der Waals surface area contributed by atoms with Crippen molar-refractivity contribution in [1.82, 2.24) is 9.97 Å². The van der Waals surface area contributed by atoms with Gasteiger partial charge in [-0.1, -0.05) is 5.92 Å². The number of H-pyrrole nitrogens is 1. The maximum Gasteiger partial charge on any atom is 0.335 e. The highest BCUT2D eigenvalue weighted by molar-refractivity contribution is 5.88. The molecule has 4 rings (SSSR count). The molecule has 6 nitrogen and oxygen atoms in total. The molecule has 0 bridgehead atoms. The highest BCUT2D eigenvalue weighted by atomic mass is 16.4. The Morgan fingerprint density at radius 3 is 2.79 bits per heavy atom. The number of hydrogen-bond acceptors (Lipinski definition) is 4. The van der Waals surface area contributed by atoms with Gasteiger partial charge in [-0.05, 0) is 67.3 Å². The second-order valence-electron chi connectivity index (χ2n) is 6.96. The smallest absolute Gasteiger partial charge is 0.335 e. The van der Waals surface area contributed by atoms with Crippen molar-refractivity contribution in [3.8, 4) is 12.3 Å². The molecule has 2 aromatic carbocycles. The summed E-state index contributed by atoms with van der Waals surface area (Å²) in [4.78, 5) is 32.8. The minimum atomic E-state index is -0.963. The predicted octanol–water partition coefficient (Wildman–Crippen LogP) is 3.06. The van der Waals surface area contributed by atoms with E-state index < -0.39 is 5.97 Å². The number of carboxylic acids is 1. The molecule has 0 fully saturated rings. The van der Waals surface area contributed by atoms with Gasteiger partial charge in [0, 0.05) is 5.69 Å². The van der Waals surface area contributed by atoms with Gasteiger partial charge in [-0.15, -0.1) is 6.42 Å². The van der Waals surface area contributed by atoms with Crippen LogP contribution in [-0.4, -0.2) is 27.6 Å². The molecule has 140 valence electrons. The Bertz CT molecular complexity index is 1170. The number of aromatic nitrogens is 2. The quantitative estimate of drug-likeness (QED) is 0.687. The summed E-state index contributed by atoms with van der Waals surface area (Å²) in [6.07, 6.45) is 7.35. The molecular formula is C22H19N3O3. The van der Waals surface area contributed by atoms with Crippen molar-refractivity contribution in [2.24, 2.45) is 0 Å². The van der Waals surface area contributed by atoms with E-state index in [4.69, 9.17) is 11.5 Å². The summed E-state index contributed by atoms with van der Waals surface area (Å²) >= 11 is 0. The highest BCUT2D eigenvalue weighted by Crippen LogP contribution is 2.39. The number of carboxylic acid groups (broad SMARTS) is 1. The molecule has 1 heterocycles. The van der Waals surface area contributed by atoms with E-state index >= 15 is 0 Å². The molecule has 1 aliphatic carbocycles. The van der Waals surface area contributed by atoms with E-state index in [0.29, 0.717) is 23.3 Å². The van der Waals surface area contributed by atoms with E-state index in [-0.39, 0.29) is 17.2 Å². The SMILES string of the molecule is C#CCN(c1ccc(C(=O)O)cc1)[C@@H]1CCc2cc3nc(C)[nH]c(=O)c3cc21. The van der Waals surface area contributed by atoms with Crippen LogP contribution in [0.3, 0.4) is 0 Å². The zero-order valence-corrected chi connectivity index (χ0v) is 15.4. The lowest BCUT2D eigenvalue weighted by molar-refractivity contribution is 0.0697. The lowest BCUT2D eigenvalue weighted by Gasteiger charge is -2.30. The van der Waals surface area contributed by atoms with E-state index in [9.17, 15) is 9.59 Å². The fourth-order valence-corrected chi connectivity index (χ4v) is 3.94. The summed E-state index contributed by atoms with van der Waals surface area (Å²) in [5, 5.41) is 9.69. The first-order valence-corrected chi connectivity index (χ1v) is 9.05. The van der Waals surface area contributed by atoms with Crippen molar-refractivity contribution >= 4 is 22.6 Å². The van der Waals surface area contributed by atoms with Crippen molar-refractivity contribution in [2.45, 2.75) is 25.8 Å². The summed E-state index contributed by atoms with van der Waals surface area (Å²) in [6.45, 7) is 2.16. The van der Waals surface area contributed by atoms with Gasteiger partial charge in [-0.2, -0.15) is 0 Å². The average molecular weight is 373 g/mol. The number of aromatic carboxylic acids is 1. The molecule has 0 amide bonds. The van der Waals surface area contributed by atoms with Crippen LogP contribution in [0.1, 0.15) is 39.8 Å². The number of aromatic amines is 1. The van der Waals surface area contributed by atoms with Gasteiger partial charge in [-0.25, -0.2) is 9.78 Å². The number of fused-ring (bicyclic) bond motifs is 2. The Morgan fingerprint density at radius 2 is 2.11 bits per heavy atom. The number of nitrogens with one attached hydrogen (secondary N) is 1. The van der Waals surface area contributed by atoms with Crippen LogP contribution in [0.4, 0.5) is 5.69 Å². The van der Waals surface area contributed by atoms with Gasteiger partial charge >= 0.3 is 5.97 Å². The maximum atomic E-state index is 12.4. The average Bonchev–Trinajstić information content (AvgIpc) is 3.07. The minimum absolute atomic E-state index is 0.0202. The van der Waals surface area contributed by atoms with Gasteiger partial charge in [0.25, 0.3) is 5.56 Å². The highest BCUT2D eigenvalue weighted by Gasteiger charge is 2.29. The third-order valence-electron chi connectivity index (χ3n) is 5.21. The number of rotatable bonds is 4. The molecule has 0 unspecified atom stereocenters. The molecule has 0 spiro atoms. The van der Waals surface area contributed by atoms with Crippen LogP contribution in [0.25, 0.3) is 10.9 Å². The van der Waals surface area contributed by atoms with Crippen LogP contribution in [-0.2, 0) is 6.42 Å². The second-order valence-corrected chi connectivity index (χ2v) is 6.96. The van der Waals surface area contributed by atoms with Gasteiger partial charge in [0.1, 0.15) is 5.82 Å². The first-order valence-electron chi connectivity index (χ1n) is 9.05. The van der Waals surface area contributed by atoms with Crippen LogP contribution in [0.5, 0.6) is 0 Å². The number of nitrogens with zero attached hydrogens (tertiary/aromatic N) is 2. The van der Waals surface area contributed by atoms with Crippen LogP contribution in [0.2, 0.25) is 0 Å². The van der Waals surface area contributed by atoms with Crippen LogP contribution in [0, 0.1) is 19.3 Å². The summed E-state index contributed by atoms with van der Waals surface area (Å²) in [5.41, 5.74) is 3.88. The molecule has 1 aromatic heterocycles. The van der Waals surface area contributed by atoms with Gasteiger partial charge in [0.05, 0.1) is 29.1 Å². The first-order chi connectivity index (χ1) is 13.5.